The molecule has 1 amide bonds. The summed E-state index contributed by atoms with van der Waals surface area (Å²) in [6, 6.07) is 11.6. The zero-order valence-corrected chi connectivity index (χ0v) is 15.1. The first-order valence-corrected chi connectivity index (χ1v) is 9.05. The first kappa shape index (κ1) is 18.2. The van der Waals surface area contributed by atoms with Crippen molar-refractivity contribution in [2.24, 2.45) is 5.92 Å². The summed E-state index contributed by atoms with van der Waals surface area (Å²) in [6.07, 6.45) is 1.76. The molecular weight excluding hydrogens is 322 g/mol. The minimum Gasteiger partial charge on any atom is -0.462 e. The number of carbonyl (C=O) groups excluding carboxylic acids is 2. The number of carbonyl (C=O) groups is 2. The van der Waals surface area contributed by atoms with Gasteiger partial charge in [0.25, 0.3) is 0 Å². The van der Waals surface area contributed by atoms with Crippen molar-refractivity contribution in [3.8, 4) is 10.4 Å². The Balaban J connectivity index is 2.32. The smallest absolute Gasteiger partial charge is 0.341 e. The molecule has 1 aromatic heterocycles. The predicted molar refractivity (Wildman–Crippen MR) is 98.4 cm³/mol. The van der Waals surface area contributed by atoms with E-state index in [2.05, 4.69) is 5.32 Å². The minimum atomic E-state index is -0.408. The third-order valence-electron chi connectivity index (χ3n) is 3.69. The van der Waals surface area contributed by atoms with Crippen molar-refractivity contribution in [3.05, 3.63) is 42.0 Å². The van der Waals surface area contributed by atoms with Crippen molar-refractivity contribution in [1.82, 2.24) is 0 Å². The van der Waals surface area contributed by atoms with E-state index < -0.39 is 5.97 Å². The van der Waals surface area contributed by atoms with Crippen LogP contribution in [0.1, 0.15) is 44.0 Å². The van der Waals surface area contributed by atoms with Crippen molar-refractivity contribution in [2.45, 2.75) is 33.6 Å². The molecule has 2 rings (SSSR count). The van der Waals surface area contributed by atoms with E-state index in [1.807, 2.05) is 44.2 Å². The van der Waals surface area contributed by atoms with E-state index in [9.17, 15) is 9.59 Å². The van der Waals surface area contributed by atoms with Crippen LogP contribution in [-0.2, 0) is 9.53 Å². The molecule has 0 fully saturated rings. The number of esters is 1. The van der Waals surface area contributed by atoms with E-state index in [1.165, 1.54) is 11.3 Å². The number of amides is 1. The zero-order chi connectivity index (χ0) is 17.5. The fourth-order valence-corrected chi connectivity index (χ4v) is 3.44. The van der Waals surface area contributed by atoms with Crippen LogP contribution in [0.15, 0.2) is 36.4 Å². The maximum Gasteiger partial charge on any atom is 0.341 e. The lowest BCUT2D eigenvalue weighted by atomic mass is 10.1. The molecule has 0 unspecified atom stereocenters. The van der Waals surface area contributed by atoms with Crippen LogP contribution < -0.4 is 5.32 Å². The summed E-state index contributed by atoms with van der Waals surface area (Å²) in [5.41, 5.74) is 1.42. The number of nitrogens with one attached hydrogen (secondary N) is 1. The molecule has 128 valence electrons. The molecule has 5 heteroatoms. The molecule has 1 N–H and O–H groups in total. The van der Waals surface area contributed by atoms with E-state index in [1.54, 1.807) is 13.0 Å². The maximum atomic E-state index is 12.3. The van der Waals surface area contributed by atoms with Gasteiger partial charge in [0.2, 0.25) is 5.91 Å². The highest BCUT2D eigenvalue weighted by molar-refractivity contribution is 7.20. The zero-order valence-electron chi connectivity index (χ0n) is 14.3. The Morgan fingerprint density at radius 1 is 1.21 bits per heavy atom. The highest BCUT2D eigenvalue weighted by atomic mass is 32.1. The Bertz CT molecular complexity index is 694. The van der Waals surface area contributed by atoms with Gasteiger partial charge >= 0.3 is 5.97 Å². The summed E-state index contributed by atoms with van der Waals surface area (Å²) >= 11 is 1.40. The predicted octanol–water partition coefficient (Wildman–Crippen LogP) is 4.97. The van der Waals surface area contributed by atoms with Gasteiger partial charge in [0.05, 0.1) is 12.2 Å². The van der Waals surface area contributed by atoms with Crippen LogP contribution in [0.25, 0.3) is 10.4 Å². The second kappa shape index (κ2) is 8.64. The lowest BCUT2D eigenvalue weighted by Gasteiger charge is -2.11. The summed E-state index contributed by atoms with van der Waals surface area (Å²) in [4.78, 5) is 25.5. The molecule has 0 aliphatic rings. The average Bonchev–Trinajstić information content (AvgIpc) is 3.00. The van der Waals surface area contributed by atoms with Gasteiger partial charge in [-0.05, 0) is 25.0 Å². The second-order valence-electron chi connectivity index (χ2n) is 5.62. The third kappa shape index (κ3) is 4.45. The molecule has 24 heavy (non-hydrogen) atoms. The fraction of sp³-hybridized carbons (Fsp3) is 0.368. The van der Waals surface area contributed by atoms with Crippen molar-refractivity contribution in [1.29, 1.82) is 0 Å². The number of hydrogen-bond donors (Lipinski definition) is 1. The highest BCUT2D eigenvalue weighted by Gasteiger charge is 2.21. The molecule has 0 spiro atoms. The van der Waals surface area contributed by atoms with E-state index in [-0.39, 0.29) is 11.8 Å². The minimum absolute atomic E-state index is 0.0659. The van der Waals surface area contributed by atoms with Crippen LogP contribution in [0.5, 0.6) is 0 Å². The lowest BCUT2D eigenvalue weighted by Crippen LogP contribution is -2.21. The van der Waals surface area contributed by atoms with Crippen LogP contribution in [0.2, 0.25) is 0 Å². The molecule has 0 radical (unpaired) electrons. The molecule has 0 bridgehead atoms. The lowest BCUT2D eigenvalue weighted by molar-refractivity contribution is -0.119. The molecule has 1 aromatic carbocycles. The molecule has 0 saturated heterocycles. The van der Waals surface area contributed by atoms with Gasteiger partial charge in [0.1, 0.15) is 5.00 Å². The molecule has 0 aliphatic carbocycles. The Hall–Kier alpha value is -2.14. The first-order chi connectivity index (χ1) is 11.6. The van der Waals surface area contributed by atoms with E-state index in [0.29, 0.717) is 17.2 Å². The SMILES string of the molecule is CCC[C@@H](C)C(=O)Nc1sc(-c2ccccc2)cc1C(=O)OCC. The van der Waals surface area contributed by atoms with Gasteiger partial charge in [-0.1, -0.05) is 50.6 Å². The van der Waals surface area contributed by atoms with Gasteiger partial charge in [-0.25, -0.2) is 4.79 Å². The van der Waals surface area contributed by atoms with Crippen molar-refractivity contribution in [3.63, 3.8) is 0 Å². The van der Waals surface area contributed by atoms with Crippen LogP contribution >= 0.6 is 11.3 Å². The van der Waals surface area contributed by atoms with Gasteiger partial charge in [-0.15, -0.1) is 11.3 Å². The number of thiophene rings is 1. The molecule has 2 aromatic rings. The summed E-state index contributed by atoms with van der Waals surface area (Å²) < 4.78 is 5.12. The second-order valence-corrected chi connectivity index (χ2v) is 6.67. The van der Waals surface area contributed by atoms with E-state index in [4.69, 9.17) is 4.74 Å². The summed E-state index contributed by atoms with van der Waals surface area (Å²) in [6.45, 7) is 6.01. The van der Waals surface area contributed by atoms with E-state index in [0.717, 1.165) is 23.3 Å². The van der Waals surface area contributed by atoms with Crippen LogP contribution in [0.3, 0.4) is 0 Å². The first-order valence-electron chi connectivity index (χ1n) is 8.24. The van der Waals surface area contributed by atoms with Crippen LogP contribution in [0, 0.1) is 5.92 Å². The topological polar surface area (TPSA) is 55.4 Å². The monoisotopic (exact) mass is 345 g/mol. The quantitative estimate of drug-likeness (QED) is 0.721. The normalized spacial score (nSPS) is 11.8. The Labute approximate surface area is 146 Å². The van der Waals surface area contributed by atoms with Gasteiger partial charge in [0, 0.05) is 10.8 Å². The van der Waals surface area contributed by atoms with Crippen molar-refractivity contribution in [2.75, 3.05) is 11.9 Å². The van der Waals surface area contributed by atoms with Gasteiger partial charge < -0.3 is 10.1 Å². The van der Waals surface area contributed by atoms with Gasteiger partial charge in [-0.2, -0.15) is 0 Å². The number of anilines is 1. The molecule has 0 saturated carbocycles. The largest absolute Gasteiger partial charge is 0.462 e. The number of ether oxygens (including phenoxy) is 1. The molecule has 4 nitrogen and oxygen atoms in total. The number of rotatable bonds is 7. The third-order valence-corrected chi connectivity index (χ3v) is 4.79. The maximum absolute atomic E-state index is 12.3. The summed E-state index contributed by atoms with van der Waals surface area (Å²) in [7, 11) is 0. The van der Waals surface area contributed by atoms with Gasteiger partial charge in [-0.3, -0.25) is 4.79 Å². The average molecular weight is 345 g/mol. The van der Waals surface area contributed by atoms with E-state index >= 15 is 0 Å². The number of hydrogen-bond acceptors (Lipinski definition) is 4. The summed E-state index contributed by atoms with van der Waals surface area (Å²) in [5.74, 6) is -0.564. The molecule has 1 atom stereocenters. The standard InChI is InChI=1S/C19H23NO3S/c1-4-9-13(3)17(21)20-18-15(19(22)23-5-2)12-16(24-18)14-10-7-6-8-11-14/h6-8,10-13H,4-5,9H2,1-3H3,(H,20,21)/t13-/m1/s1. The number of benzene rings is 1. The molecular formula is C19H23NO3S. The van der Waals surface area contributed by atoms with Crippen molar-refractivity contribution < 1.29 is 14.3 Å². The Morgan fingerprint density at radius 3 is 2.54 bits per heavy atom. The molecule has 0 aliphatic heterocycles. The van der Waals surface area contributed by atoms with Crippen LogP contribution in [0.4, 0.5) is 5.00 Å². The van der Waals surface area contributed by atoms with Crippen molar-refractivity contribution >= 4 is 28.2 Å². The highest BCUT2D eigenvalue weighted by Crippen LogP contribution is 2.36. The van der Waals surface area contributed by atoms with Gasteiger partial charge in [0.15, 0.2) is 0 Å². The molecule has 1 heterocycles. The Kier molecular flexibility index (Phi) is 6.55. The van der Waals surface area contributed by atoms with Crippen LogP contribution in [-0.4, -0.2) is 18.5 Å². The summed E-state index contributed by atoms with van der Waals surface area (Å²) in [5, 5.41) is 3.46. The Morgan fingerprint density at radius 2 is 1.92 bits per heavy atom. The fourth-order valence-electron chi connectivity index (χ4n) is 2.39.